The lowest BCUT2D eigenvalue weighted by Gasteiger charge is -2.36. The molecule has 2 N–H and O–H groups in total. The summed E-state index contributed by atoms with van der Waals surface area (Å²) in [6.07, 6.45) is 0. The number of aliphatic hydroxyl groups excluding tert-OH is 1. The highest BCUT2D eigenvalue weighted by Gasteiger charge is 2.39. The Morgan fingerprint density at radius 1 is 0.955 bits per heavy atom. The number of hydrogen-bond donors (Lipinski definition) is 2. The largest absolute Gasteiger partial charge is 0.480 e. The Morgan fingerprint density at radius 3 is 1.68 bits per heavy atom. The van der Waals surface area contributed by atoms with Crippen LogP contribution in [-0.2, 0) is 17.9 Å². The van der Waals surface area contributed by atoms with E-state index in [0.29, 0.717) is 13.1 Å². The molecule has 1 atom stereocenters. The summed E-state index contributed by atoms with van der Waals surface area (Å²) in [4.78, 5) is 13.5. The number of benzene rings is 2. The van der Waals surface area contributed by atoms with Gasteiger partial charge in [-0.2, -0.15) is 0 Å². The van der Waals surface area contributed by atoms with Crippen molar-refractivity contribution in [2.75, 3.05) is 6.61 Å². The first-order chi connectivity index (χ1) is 10.6. The molecule has 0 amide bonds. The zero-order valence-corrected chi connectivity index (χ0v) is 12.6. The van der Waals surface area contributed by atoms with Crippen LogP contribution in [0.15, 0.2) is 60.7 Å². The van der Waals surface area contributed by atoms with E-state index < -0.39 is 18.1 Å². The molecule has 116 valence electrons. The molecule has 0 fully saturated rings. The Morgan fingerprint density at radius 2 is 1.36 bits per heavy atom. The molecule has 0 aliphatic heterocycles. The summed E-state index contributed by atoms with van der Waals surface area (Å²) in [7, 11) is 0. The summed E-state index contributed by atoms with van der Waals surface area (Å²) in [6, 6.07) is 19.4. The summed E-state index contributed by atoms with van der Waals surface area (Å²) in [6.45, 7) is 2.03. The van der Waals surface area contributed by atoms with Crippen LogP contribution in [0.1, 0.15) is 18.1 Å². The van der Waals surface area contributed by atoms with Crippen LogP contribution in [0.5, 0.6) is 0 Å². The second kappa shape index (κ2) is 7.20. The van der Waals surface area contributed by atoms with Gasteiger partial charge >= 0.3 is 5.97 Å². The zero-order chi connectivity index (χ0) is 16.0. The number of hydrogen-bond acceptors (Lipinski definition) is 3. The van der Waals surface area contributed by atoms with E-state index in [9.17, 15) is 15.0 Å². The predicted octanol–water partition coefficient (Wildman–Crippen LogP) is 2.52. The Labute approximate surface area is 130 Å². The van der Waals surface area contributed by atoms with E-state index in [-0.39, 0.29) is 0 Å². The van der Waals surface area contributed by atoms with Crippen molar-refractivity contribution in [3.05, 3.63) is 71.8 Å². The fraction of sp³-hybridized carbons (Fsp3) is 0.278. The van der Waals surface area contributed by atoms with Crippen molar-refractivity contribution in [2.45, 2.75) is 25.6 Å². The van der Waals surface area contributed by atoms with Gasteiger partial charge in [0, 0.05) is 13.1 Å². The molecule has 0 radical (unpaired) electrons. The Bertz CT molecular complexity index is 559. The monoisotopic (exact) mass is 299 g/mol. The summed E-state index contributed by atoms with van der Waals surface area (Å²) in [5, 5.41) is 19.2. The molecular weight excluding hydrogens is 278 g/mol. The third kappa shape index (κ3) is 3.72. The molecule has 0 spiro atoms. The molecule has 0 saturated heterocycles. The molecule has 0 unspecified atom stereocenters. The molecule has 4 nitrogen and oxygen atoms in total. The fourth-order valence-electron chi connectivity index (χ4n) is 2.32. The van der Waals surface area contributed by atoms with Crippen molar-refractivity contribution in [3.63, 3.8) is 0 Å². The number of carboxylic acid groups (broad SMARTS) is 1. The normalized spacial score (nSPS) is 13.8. The van der Waals surface area contributed by atoms with Crippen molar-refractivity contribution in [1.29, 1.82) is 0 Å². The molecule has 0 saturated carbocycles. The predicted molar refractivity (Wildman–Crippen MR) is 85.3 cm³/mol. The number of carboxylic acids is 1. The average Bonchev–Trinajstić information content (AvgIpc) is 2.55. The van der Waals surface area contributed by atoms with Gasteiger partial charge in [-0.1, -0.05) is 60.7 Å². The van der Waals surface area contributed by atoms with Crippen LogP contribution in [0.4, 0.5) is 0 Å². The average molecular weight is 299 g/mol. The number of nitrogens with zero attached hydrogens (tertiary/aromatic N) is 1. The van der Waals surface area contributed by atoms with Crippen LogP contribution in [0, 0.1) is 0 Å². The van der Waals surface area contributed by atoms with Gasteiger partial charge in [0.25, 0.3) is 0 Å². The van der Waals surface area contributed by atoms with Crippen LogP contribution >= 0.6 is 0 Å². The second-order valence-corrected chi connectivity index (χ2v) is 5.56. The lowest BCUT2D eigenvalue weighted by molar-refractivity contribution is -0.154. The van der Waals surface area contributed by atoms with E-state index in [2.05, 4.69) is 0 Å². The molecule has 4 heteroatoms. The van der Waals surface area contributed by atoms with E-state index in [0.717, 1.165) is 11.1 Å². The Kier molecular flexibility index (Phi) is 5.31. The maximum absolute atomic E-state index is 11.7. The van der Waals surface area contributed by atoms with Crippen molar-refractivity contribution in [2.24, 2.45) is 0 Å². The van der Waals surface area contributed by atoms with Crippen LogP contribution in [-0.4, -0.2) is 33.2 Å². The molecule has 2 aromatic rings. The highest BCUT2D eigenvalue weighted by atomic mass is 16.4. The van der Waals surface area contributed by atoms with Gasteiger partial charge in [0.05, 0.1) is 6.61 Å². The number of aliphatic hydroxyl groups is 1. The molecule has 2 aromatic carbocycles. The Hall–Kier alpha value is -2.17. The van der Waals surface area contributed by atoms with Crippen LogP contribution in [0.3, 0.4) is 0 Å². The number of carbonyl (C=O) groups is 1. The molecule has 0 bridgehead atoms. The summed E-state index contributed by atoms with van der Waals surface area (Å²) in [5.41, 5.74) is 0.699. The van der Waals surface area contributed by atoms with Gasteiger partial charge in [-0.25, -0.2) is 0 Å². The molecule has 0 heterocycles. The minimum Gasteiger partial charge on any atom is -0.480 e. The maximum Gasteiger partial charge on any atom is 0.326 e. The molecule has 0 aliphatic carbocycles. The fourth-order valence-corrected chi connectivity index (χ4v) is 2.32. The van der Waals surface area contributed by atoms with Gasteiger partial charge in [0.15, 0.2) is 0 Å². The van der Waals surface area contributed by atoms with Gasteiger partial charge in [-0.3, -0.25) is 9.69 Å². The minimum atomic E-state index is -1.33. The van der Waals surface area contributed by atoms with Crippen molar-refractivity contribution in [3.8, 4) is 0 Å². The van der Waals surface area contributed by atoms with Crippen LogP contribution < -0.4 is 0 Å². The van der Waals surface area contributed by atoms with Gasteiger partial charge < -0.3 is 10.2 Å². The smallest absolute Gasteiger partial charge is 0.326 e. The molecule has 22 heavy (non-hydrogen) atoms. The van der Waals surface area contributed by atoms with E-state index in [1.54, 1.807) is 11.8 Å². The van der Waals surface area contributed by atoms with Crippen LogP contribution in [0.2, 0.25) is 0 Å². The first-order valence-corrected chi connectivity index (χ1v) is 7.23. The van der Waals surface area contributed by atoms with E-state index >= 15 is 0 Å². The van der Waals surface area contributed by atoms with Crippen molar-refractivity contribution >= 4 is 5.97 Å². The van der Waals surface area contributed by atoms with Crippen molar-refractivity contribution in [1.82, 2.24) is 4.90 Å². The lowest BCUT2D eigenvalue weighted by Crippen LogP contribution is -2.54. The van der Waals surface area contributed by atoms with Gasteiger partial charge in [-0.05, 0) is 18.1 Å². The minimum absolute atomic E-state index is 0.442. The highest BCUT2D eigenvalue weighted by Crippen LogP contribution is 2.22. The first kappa shape index (κ1) is 16.2. The summed E-state index contributed by atoms with van der Waals surface area (Å²) in [5.74, 6) is -1.03. The molecule has 0 aliphatic rings. The maximum atomic E-state index is 11.7. The zero-order valence-electron chi connectivity index (χ0n) is 12.6. The number of rotatable bonds is 7. The Balaban J connectivity index is 2.29. The lowest BCUT2D eigenvalue weighted by atomic mass is 9.99. The SMILES string of the molecule is C[C@](CO)(C(=O)O)N(Cc1ccccc1)Cc1ccccc1. The highest BCUT2D eigenvalue weighted by molar-refractivity contribution is 5.78. The van der Waals surface area contributed by atoms with E-state index in [1.807, 2.05) is 60.7 Å². The summed E-state index contributed by atoms with van der Waals surface area (Å²) >= 11 is 0. The van der Waals surface area contributed by atoms with Crippen molar-refractivity contribution < 1.29 is 15.0 Å². The second-order valence-electron chi connectivity index (χ2n) is 5.56. The molecule has 0 aromatic heterocycles. The van der Waals surface area contributed by atoms with Gasteiger partial charge in [0.1, 0.15) is 5.54 Å². The summed E-state index contributed by atoms with van der Waals surface area (Å²) < 4.78 is 0. The number of aliphatic carboxylic acids is 1. The molecular formula is C18H21NO3. The van der Waals surface area contributed by atoms with E-state index in [1.165, 1.54) is 0 Å². The third-order valence-corrected chi connectivity index (χ3v) is 3.90. The first-order valence-electron chi connectivity index (χ1n) is 7.23. The standard InChI is InChI=1S/C18H21NO3/c1-18(14-20,17(21)22)19(12-15-8-4-2-5-9-15)13-16-10-6-3-7-11-16/h2-11,20H,12-14H2,1H3,(H,21,22)/t18-/m0/s1. The van der Waals surface area contributed by atoms with Gasteiger partial charge in [-0.15, -0.1) is 0 Å². The van der Waals surface area contributed by atoms with E-state index in [4.69, 9.17) is 0 Å². The van der Waals surface area contributed by atoms with Gasteiger partial charge in [0.2, 0.25) is 0 Å². The van der Waals surface area contributed by atoms with Crippen LogP contribution in [0.25, 0.3) is 0 Å². The topological polar surface area (TPSA) is 60.8 Å². The quantitative estimate of drug-likeness (QED) is 0.825. The molecule has 2 rings (SSSR count). The third-order valence-electron chi connectivity index (χ3n) is 3.90.